The Labute approximate surface area is 201 Å². The molecular formula is C23H25N3O6S2. The Bertz CT molecular complexity index is 1400. The van der Waals surface area contributed by atoms with Crippen LogP contribution in [0.2, 0.25) is 0 Å². The molecule has 34 heavy (non-hydrogen) atoms. The highest BCUT2D eigenvalue weighted by Crippen LogP contribution is 2.30. The van der Waals surface area contributed by atoms with Crippen LogP contribution in [0.5, 0.6) is 5.75 Å². The largest absolute Gasteiger partial charge is 0.494 e. The highest BCUT2D eigenvalue weighted by molar-refractivity contribution is 7.89. The first kappa shape index (κ1) is 24.1. The van der Waals surface area contributed by atoms with E-state index < -0.39 is 21.9 Å². The van der Waals surface area contributed by atoms with Gasteiger partial charge < -0.3 is 14.0 Å². The number of rotatable bonds is 8. The second kappa shape index (κ2) is 9.69. The molecule has 9 nitrogen and oxygen atoms in total. The molecule has 1 fully saturated rings. The van der Waals surface area contributed by atoms with Crippen LogP contribution in [0.3, 0.4) is 0 Å². The number of sulfonamides is 1. The second-order valence-corrected chi connectivity index (χ2v) is 10.8. The van der Waals surface area contributed by atoms with Gasteiger partial charge in [-0.05, 0) is 62.2 Å². The number of methoxy groups -OCH3 is 1. The molecule has 0 N–H and O–H groups in total. The topological polar surface area (TPSA) is 107 Å². The zero-order chi connectivity index (χ0) is 24.5. The molecule has 1 heterocycles. The van der Waals surface area contributed by atoms with Crippen LogP contribution < -0.4 is 9.54 Å². The molecule has 0 saturated heterocycles. The van der Waals surface area contributed by atoms with Crippen molar-refractivity contribution in [1.82, 2.24) is 8.87 Å². The van der Waals surface area contributed by atoms with Gasteiger partial charge in [0.15, 0.2) is 4.80 Å². The maximum Gasteiger partial charge on any atom is 0.325 e. The van der Waals surface area contributed by atoms with Crippen molar-refractivity contribution >= 4 is 43.5 Å². The summed E-state index contributed by atoms with van der Waals surface area (Å²) in [6.07, 6.45) is 1.72. The summed E-state index contributed by atoms with van der Waals surface area (Å²) in [7, 11) is -0.736. The van der Waals surface area contributed by atoms with Gasteiger partial charge in [0.2, 0.25) is 10.0 Å². The number of thiazole rings is 1. The fraction of sp³-hybridized carbons (Fsp3) is 0.348. The Morgan fingerprint density at radius 2 is 1.88 bits per heavy atom. The van der Waals surface area contributed by atoms with E-state index in [4.69, 9.17) is 9.47 Å². The van der Waals surface area contributed by atoms with Gasteiger partial charge in [0, 0.05) is 18.7 Å². The Kier molecular flexibility index (Phi) is 6.87. The van der Waals surface area contributed by atoms with Gasteiger partial charge in [0.25, 0.3) is 5.91 Å². The summed E-state index contributed by atoms with van der Waals surface area (Å²) in [5.41, 5.74) is 0.958. The second-order valence-electron chi connectivity index (χ2n) is 7.80. The summed E-state index contributed by atoms with van der Waals surface area (Å²) in [5, 5.41) is 0. The maximum absolute atomic E-state index is 12.9. The number of carbonyl (C=O) groups excluding carboxylic acids is 2. The molecule has 1 aromatic heterocycles. The van der Waals surface area contributed by atoms with Crippen molar-refractivity contribution < 1.29 is 27.5 Å². The van der Waals surface area contributed by atoms with Gasteiger partial charge in [-0.25, -0.2) is 8.42 Å². The minimum absolute atomic E-state index is 0.0442. The summed E-state index contributed by atoms with van der Waals surface area (Å²) in [4.78, 5) is 29.6. The molecule has 180 valence electrons. The lowest BCUT2D eigenvalue weighted by Crippen LogP contribution is -2.28. The number of hydrogen-bond donors (Lipinski definition) is 0. The summed E-state index contributed by atoms with van der Waals surface area (Å²) in [6.45, 7) is 2.29. The van der Waals surface area contributed by atoms with E-state index in [1.54, 1.807) is 23.7 Å². The van der Waals surface area contributed by atoms with Crippen LogP contribution in [0.1, 0.15) is 30.1 Å². The van der Waals surface area contributed by atoms with Crippen molar-refractivity contribution in [3.05, 3.63) is 52.8 Å². The molecule has 0 atom stereocenters. The van der Waals surface area contributed by atoms with Crippen LogP contribution in [-0.4, -0.2) is 56.0 Å². The van der Waals surface area contributed by atoms with E-state index in [0.717, 1.165) is 23.1 Å². The van der Waals surface area contributed by atoms with Gasteiger partial charge in [-0.1, -0.05) is 11.3 Å². The molecule has 1 aliphatic rings. The van der Waals surface area contributed by atoms with Gasteiger partial charge in [-0.15, -0.1) is 0 Å². The van der Waals surface area contributed by atoms with Crippen LogP contribution in [0, 0.1) is 0 Å². The fourth-order valence-corrected chi connectivity index (χ4v) is 5.94. The molecule has 0 spiro atoms. The third-order valence-corrected chi connectivity index (χ3v) is 8.48. The third-order valence-electron chi connectivity index (χ3n) is 5.52. The quantitative estimate of drug-likeness (QED) is 0.438. The number of ether oxygens (including phenoxy) is 2. The Morgan fingerprint density at radius 3 is 2.50 bits per heavy atom. The molecule has 0 unspecified atom stereocenters. The summed E-state index contributed by atoms with van der Waals surface area (Å²) < 4.78 is 39.5. The fourth-order valence-electron chi connectivity index (χ4n) is 3.46. The molecule has 2 aromatic carbocycles. The standard InChI is InChI=1S/C23H25N3O6S2/c1-4-32-17-9-12-19-20(13-17)33-23(26(19)14-21(27)31-3)24-22(28)15-5-10-18(11-6-15)34(29,30)25(2)16-7-8-16/h5-6,9-13,16H,4,7-8,14H2,1-3H3. The van der Waals surface area contributed by atoms with Crippen molar-refractivity contribution in [3.8, 4) is 5.75 Å². The highest BCUT2D eigenvalue weighted by Gasteiger charge is 2.35. The molecule has 0 aliphatic heterocycles. The highest BCUT2D eigenvalue weighted by atomic mass is 32.2. The lowest BCUT2D eigenvalue weighted by molar-refractivity contribution is -0.141. The zero-order valence-electron chi connectivity index (χ0n) is 19.1. The zero-order valence-corrected chi connectivity index (χ0v) is 20.7. The van der Waals surface area contributed by atoms with Gasteiger partial charge in [0.05, 0.1) is 28.8 Å². The summed E-state index contributed by atoms with van der Waals surface area (Å²) in [5.74, 6) is -0.348. The monoisotopic (exact) mass is 503 g/mol. The first-order chi connectivity index (χ1) is 16.2. The Hall–Kier alpha value is -3.02. The smallest absolute Gasteiger partial charge is 0.325 e. The SMILES string of the molecule is CCOc1ccc2c(c1)sc(=NC(=O)c1ccc(S(=O)(=O)N(C)C3CC3)cc1)n2CC(=O)OC. The minimum Gasteiger partial charge on any atom is -0.494 e. The summed E-state index contributed by atoms with van der Waals surface area (Å²) >= 11 is 1.25. The number of esters is 1. The number of benzene rings is 2. The number of carbonyl (C=O) groups is 2. The number of amides is 1. The lowest BCUT2D eigenvalue weighted by Gasteiger charge is -2.16. The first-order valence-corrected chi connectivity index (χ1v) is 13.0. The predicted molar refractivity (Wildman–Crippen MR) is 127 cm³/mol. The normalized spacial score (nSPS) is 14.5. The van der Waals surface area contributed by atoms with E-state index >= 15 is 0 Å². The van der Waals surface area contributed by atoms with E-state index in [0.29, 0.717) is 17.2 Å². The molecule has 0 radical (unpaired) electrons. The summed E-state index contributed by atoms with van der Waals surface area (Å²) in [6, 6.07) is 11.2. The van der Waals surface area contributed by atoms with Crippen molar-refractivity contribution in [3.63, 3.8) is 0 Å². The minimum atomic E-state index is -3.60. The number of fused-ring (bicyclic) bond motifs is 1. The van der Waals surface area contributed by atoms with E-state index in [1.165, 1.54) is 47.0 Å². The van der Waals surface area contributed by atoms with E-state index in [9.17, 15) is 18.0 Å². The van der Waals surface area contributed by atoms with Crippen molar-refractivity contribution in [2.24, 2.45) is 4.99 Å². The van der Waals surface area contributed by atoms with Gasteiger partial charge >= 0.3 is 5.97 Å². The Balaban J connectivity index is 1.69. The van der Waals surface area contributed by atoms with Gasteiger partial charge in [-0.3, -0.25) is 9.59 Å². The van der Waals surface area contributed by atoms with E-state index in [2.05, 4.69) is 4.99 Å². The first-order valence-electron chi connectivity index (χ1n) is 10.7. The van der Waals surface area contributed by atoms with Gasteiger partial charge in [-0.2, -0.15) is 9.30 Å². The molecule has 4 rings (SSSR count). The maximum atomic E-state index is 12.9. The number of nitrogens with zero attached hydrogens (tertiary/aromatic N) is 3. The van der Waals surface area contributed by atoms with Crippen molar-refractivity contribution in [2.75, 3.05) is 20.8 Å². The molecule has 1 saturated carbocycles. The van der Waals surface area contributed by atoms with Crippen LogP contribution in [0.15, 0.2) is 52.4 Å². The lowest BCUT2D eigenvalue weighted by atomic mass is 10.2. The third kappa shape index (κ3) is 4.91. The van der Waals surface area contributed by atoms with Gasteiger partial charge in [0.1, 0.15) is 12.3 Å². The van der Waals surface area contributed by atoms with Crippen LogP contribution in [0.4, 0.5) is 0 Å². The number of aromatic nitrogens is 1. The van der Waals surface area contributed by atoms with E-state index in [1.807, 2.05) is 13.0 Å². The van der Waals surface area contributed by atoms with E-state index in [-0.39, 0.29) is 23.0 Å². The van der Waals surface area contributed by atoms with Crippen LogP contribution >= 0.6 is 11.3 Å². The predicted octanol–water partition coefficient (Wildman–Crippen LogP) is 2.80. The van der Waals surface area contributed by atoms with Crippen molar-refractivity contribution in [2.45, 2.75) is 37.2 Å². The number of hydrogen-bond acceptors (Lipinski definition) is 7. The molecule has 3 aromatic rings. The molecule has 1 amide bonds. The average molecular weight is 504 g/mol. The molecule has 1 aliphatic carbocycles. The van der Waals surface area contributed by atoms with Crippen molar-refractivity contribution in [1.29, 1.82) is 0 Å². The average Bonchev–Trinajstić information content (AvgIpc) is 3.62. The Morgan fingerprint density at radius 1 is 1.18 bits per heavy atom. The van der Waals surface area contributed by atoms with Crippen LogP contribution in [-0.2, 0) is 26.1 Å². The molecule has 0 bridgehead atoms. The molecular weight excluding hydrogens is 478 g/mol. The van der Waals surface area contributed by atoms with Crippen LogP contribution in [0.25, 0.3) is 10.2 Å². The molecule has 11 heteroatoms.